The van der Waals surface area contributed by atoms with Crippen LogP contribution in [0.3, 0.4) is 0 Å². The van der Waals surface area contributed by atoms with Crippen molar-refractivity contribution in [3.8, 4) is 6.07 Å². The molecule has 0 saturated carbocycles. The predicted molar refractivity (Wildman–Crippen MR) is 82.6 cm³/mol. The topological polar surface area (TPSA) is 61.6 Å². The summed E-state index contributed by atoms with van der Waals surface area (Å²) in [6.07, 6.45) is 2.59. The molecule has 1 aromatic heterocycles. The van der Waals surface area contributed by atoms with Crippen molar-refractivity contribution >= 4 is 22.7 Å². The van der Waals surface area contributed by atoms with Crippen LogP contribution in [0.15, 0.2) is 35.6 Å². The van der Waals surface area contributed by atoms with Gasteiger partial charge in [-0.05, 0) is 26.0 Å². The van der Waals surface area contributed by atoms with Gasteiger partial charge < -0.3 is 0 Å². The Bertz CT molecular complexity index is 617. The number of rotatable bonds is 6. The monoisotopic (exact) mass is 286 g/mol. The second kappa shape index (κ2) is 6.69. The summed E-state index contributed by atoms with van der Waals surface area (Å²) >= 11 is 1.60. The van der Waals surface area contributed by atoms with E-state index >= 15 is 0 Å². The minimum absolute atomic E-state index is 0.535. The molecule has 0 radical (unpaired) electrons. The lowest BCUT2D eigenvalue weighted by Crippen LogP contribution is -2.43. The van der Waals surface area contributed by atoms with Gasteiger partial charge >= 0.3 is 0 Å². The van der Waals surface area contributed by atoms with Crippen LogP contribution in [0.1, 0.15) is 20.3 Å². The van der Waals surface area contributed by atoms with Crippen molar-refractivity contribution in [3.63, 3.8) is 0 Å². The quantitative estimate of drug-likeness (QED) is 0.653. The van der Waals surface area contributed by atoms with E-state index in [1.807, 2.05) is 31.2 Å². The van der Waals surface area contributed by atoms with Crippen LogP contribution >= 0.6 is 11.8 Å². The average molecular weight is 286 g/mol. The van der Waals surface area contributed by atoms with Crippen molar-refractivity contribution in [2.75, 3.05) is 12.3 Å². The maximum absolute atomic E-state index is 9.34. The largest absolute Gasteiger partial charge is 0.299 e. The molecular formula is C15H18N4S. The molecule has 1 N–H and O–H groups in total. The lowest BCUT2D eigenvalue weighted by atomic mass is 10.1. The van der Waals surface area contributed by atoms with Gasteiger partial charge in [0.15, 0.2) is 0 Å². The number of fused-ring (bicyclic) bond motifs is 1. The Kier molecular flexibility index (Phi) is 4.94. The van der Waals surface area contributed by atoms with Gasteiger partial charge in [0.2, 0.25) is 0 Å². The normalized spacial score (nSPS) is 13.8. The van der Waals surface area contributed by atoms with Crippen molar-refractivity contribution in [2.45, 2.75) is 30.8 Å². The zero-order valence-electron chi connectivity index (χ0n) is 11.8. The van der Waals surface area contributed by atoms with Gasteiger partial charge in [-0.25, -0.2) is 9.97 Å². The molecule has 0 bridgehead atoms. The molecule has 2 rings (SSSR count). The van der Waals surface area contributed by atoms with E-state index in [2.05, 4.69) is 28.3 Å². The van der Waals surface area contributed by atoms with E-state index in [1.165, 1.54) is 0 Å². The maximum Gasteiger partial charge on any atom is 0.117 e. The molecular weight excluding hydrogens is 268 g/mol. The Morgan fingerprint density at radius 3 is 2.90 bits per heavy atom. The van der Waals surface area contributed by atoms with Gasteiger partial charge in [0.25, 0.3) is 0 Å². The lowest BCUT2D eigenvalue weighted by molar-refractivity contribution is 0.493. The fourth-order valence-electron chi connectivity index (χ4n) is 1.83. The van der Waals surface area contributed by atoms with Gasteiger partial charge in [0, 0.05) is 11.1 Å². The summed E-state index contributed by atoms with van der Waals surface area (Å²) in [5.41, 5.74) is 0.400. The molecule has 0 aliphatic heterocycles. The van der Waals surface area contributed by atoms with Crippen molar-refractivity contribution in [1.29, 1.82) is 5.26 Å². The molecule has 2 aromatic rings. The summed E-state index contributed by atoms with van der Waals surface area (Å²) in [5.74, 6) is 0.657. The highest BCUT2D eigenvalue weighted by atomic mass is 32.2. The number of hydrogen-bond donors (Lipinski definition) is 1. The van der Waals surface area contributed by atoms with E-state index in [-0.39, 0.29) is 0 Å². The van der Waals surface area contributed by atoms with Crippen LogP contribution in [0.2, 0.25) is 0 Å². The maximum atomic E-state index is 9.34. The summed E-state index contributed by atoms with van der Waals surface area (Å²) in [7, 11) is 0. The minimum atomic E-state index is -0.535. The van der Waals surface area contributed by atoms with E-state index in [4.69, 9.17) is 0 Å². The average Bonchev–Trinajstić information content (AvgIpc) is 2.51. The molecule has 1 heterocycles. The molecule has 1 aromatic carbocycles. The zero-order valence-corrected chi connectivity index (χ0v) is 12.6. The number of benzene rings is 1. The third kappa shape index (κ3) is 3.47. The number of thioether (sulfide) groups is 1. The molecule has 0 fully saturated rings. The Morgan fingerprint density at radius 2 is 2.15 bits per heavy atom. The van der Waals surface area contributed by atoms with Crippen LogP contribution in [-0.2, 0) is 0 Å². The van der Waals surface area contributed by atoms with E-state index in [9.17, 15) is 5.26 Å². The molecule has 0 aliphatic rings. The highest BCUT2D eigenvalue weighted by Crippen LogP contribution is 2.26. The number of para-hydroxylation sites is 1. The molecule has 20 heavy (non-hydrogen) atoms. The van der Waals surface area contributed by atoms with Gasteiger partial charge in [-0.1, -0.05) is 25.1 Å². The first-order valence-corrected chi connectivity index (χ1v) is 7.66. The number of nitrogens with one attached hydrogen (secondary N) is 1. The third-order valence-corrected chi connectivity index (χ3v) is 4.34. The molecule has 0 saturated heterocycles. The summed E-state index contributed by atoms with van der Waals surface area (Å²) < 4.78 is 0. The van der Waals surface area contributed by atoms with Gasteiger partial charge in [0.1, 0.15) is 16.9 Å². The van der Waals surface area contributed by atoms with Crippen LogP contribution in [0.5, 0.6) is 0 Å². The smallest absolute Gasteiger partial charge is 0.117 e. The van der Waals surface area contributed by atoms with Crippen molar-refractivity contribution in [2.24, 2.45) is 0 Å². The van der Waals surface area contributed by atoms with Crippen LogP contribution in [-0.4, -0.2) is 27.8 Å². The third-order valence-electron chi connectivity index (χ3n) is 3.02. The first-order chi connectivity index (χ1) is 9.68. The highest BCUT2D eigenvalue weighted by Gasteiger charge is 2.23. The van der Waals surface area contributed by atoms with E-state index < -0.39 is 5.54 Å². The predicted octanol–water partition coefficient (Wildman–Crippen LogP) is 3.00. The minimum Gasteiger partial charge on any atom is -0.299 e. The van der Waals surface area contributed by atoms with Crippen LogP contribution < -0.4 is 5.32 Å². The fourth-order valence-corrected chi connectivity index (χ4v) is 2.87. The number of aromatic nitrogens is 2. The van der Waals surface area contributed by atoms with Crippen molar-refractivity contribution in [3.05, 3.63) is 30.6 Å². The molecule has 0 spiro atoms. The van der Waals surface area contributed by atoms with Crippen molar-refractivity contribution < 1.29 is 0 Å². The number of nitrogens with zero attached hydrogens (tertiary/aromatic N) is 3. The zero-order chi connectivity index (χ0) is 14.4. The van der Waals surface area contributed by atoms with Gasteiger partial charge in [0.05, 0.1) is 11.6 Å². The fraction of sp³-hybridized carbons (Fsp3) is 0.400. The Hall–Kier alpha value is -1.64. The lowest BCUT2D eigenvalue weighted by Gasteiger charge is -2.22. The number of nitriles is 1. The second-order valence-electron chi connectivity index (χ2n) is 4.86. The van der Waals surface area contributed by atoms with E-state index in [0.29, 0.717) is 5.75 Å². The second-order valence-corrected chi connectivity index (χ2v) is 5.82. The first-order valence-electron chi connectivity index (χ1n) is 6.67. The first kappa shape index (κ1) is 14.8. The highest BCUT2D eigenvalue weighted by molar-refractivity contribution is 7.99. The van der Waals surface area contributed by atoms with Crippen LogP contribution in [0.25, 0.3) is 10.9 Å². The summed E-state index contributed by atoms with van der Waals surface area (Å²) in [4.78, 5) is 8.59. The van der Waals surface area contributed by atoms with Crippen LogP contribution in [0, 0.1) is 11.3 Å². The van der Waals surface area contributed by atoms with Crippen molar-refractivity contribution in [1.82, 2.24) is 15.3 Å². The molecule has 4 nitrogen and oxygen atoms in total. The summed E-state index contributed by atoms with van der Waals surface area (Å²) in [6, 6.07) is 10.3. The van der Waals surface area contributed by atoms with Gasteiger partial charge in [-0.2, -0.15) is 5.26 Å². The molecule has 0 amide bonds. The molecule has 104 valence electrons. The molecule has 5 heteroatoms. The SMILES string of the molecule is CCCNC(C)(C#N)CSc1ncnc2ccccc12. The Labute approximate surface area is 123 Å². The molecule has 0 aliphatic carbocycles. The Morgan fingerprint density at radius 1 is 1.35 bits per heavy atom. The van der Waals surface area contributed by atoms with Crippen LogP contribution in [0.4, 0.5) is 0 Å². The molecule has 1 atom stereocenters. The summed E-state index contributed by atoms with van der Waals surface area (Å²) in [5, 5.41) is 14.6. The Balaban J connectivity index is 2.15. The van der Waals surface area contributed by atoms with Gasteiger partial charge in [-0.15, -0.1) is 11.8 Å². The molecule has 1 unspecified atom stereocenters. The standard InChI is InChI=1S/C15H18N4S/c1-3-8-19-15(2,9-16)10-20-14-12-6-4-5-7-13(12)17-11-18-14/h4-7,11,19H,3,8,10H2,1-2H3. The van der Waals surface area contributed by atoms with E-state index in [0.717, 1.165) is 28.9 Å². The number of hydrogen-bond acceptors (Lipinski definition) is 5. The summed E-state index contributed by atoms with van der Waals surface area (Å²) in [6.45, 7) is 4.87. The van der Waals surface area contributed by atoms with E-state index in [1.54, 1.807) is 18.1 Å². The van der Waals surface area contributed by atoms with Gasteiger partial charge in [-0.3, -0.25) is 5.32 Å².